The van der Waals surface area contributed by atoms with Crippen LogP contribution >= 0.6 is 0 Å². The molecule has 9 nitrogen and oxygen atoms in total. The van der Waals surface area contributed by atoms with Gasteiger partial charge in [0.2, 0.25) is 5.91 Å². The lowest BCUT2D eigenvalue weighted by Crippen LogP contribution is -2.46. The maximum atomic E-state index is 14.0. The van der Waals surface area contributed by atoms with Crippen molar-refractivity contribution in [1.29, 1.82) is 0 Å². The van der Waals surface area contributed by atoms with E-state index in [0.717, 1.165) is 117 Å². The molecule has 2 saturated heterocycles. The van der Waals surface area contributed by atoms with Crippen molar-refractivity contribution in [3.63, 3.8) is 0 Å². The third kappa shape index (κ3) is 22.5. The third-order valence-electron chi connectivity index (χ3n) is 16.8. The van der Waals surface area contributed by atoms with E-state index in [1.807, 2.05) is 84.9 Å². The van der Waals surface area contributed by atoms with E-state index in [1.54, 1.807) is 0 Å². The number of amides is 1. The van der Waals surface area contributed by atoms with Crippen LogP contribution < -0.4 is 24.3 Å². The minimum absolute atomic E-state index is 0.232. The van der Waals surface area contributed by atoms with Gasteiger partial charge in [0.1, 0.15) is 26.4 Å². The van der Waals surface area contributed by atoms with Gasteiger partial charge in [-0.15, -0.1) is 0 Å². The maximum absolute atomic E-state index is 14.0. The topological polar surface area (TPSA) is 75.7 Å². The molecular weight excluding hydrogens is 1070 g/mol. The number of rotatable bonds is 32. The Bertz CT molecular complexity index is 3140. The van der Waals surface area contributed by atoms with Crippen molar-refractivity contribution in [1.82, 2.24) is 20.0 Å². The van der Waals surface area contributed by atoms with Crippen LogP contribution in [0.1, 0.15) is 141 Å². The molecule has 0 atom stereocenters. The predicted molar refractivity (Wildman–Crippen MR) is 355 cm³/mol. The molecule has 1 N–H and O–H groups in total. The van der Waals surface area contributed by atoms with Crippen LogP contribution in [-0.2, 0) is 57.4 Å². The zero-order valence-electron chi connectivity index (χ0n) is 51.7. The number of nitrogens with one attached hydrogen (secondary N) is 1. The molecule has 2 heterocycles. The summed E-state index contributed by atoms with van der Waals surface area (Å²) in [6.45, 7) is 11.9. The van der Waals surface area contributed by atoms with Gasteiger partial charge in [0, 0.05) is 57.8 Å². The number of unbranched alkanes of at least 4 members (excludes halogenated alkanes) is 8. The standard InChI is InChI=1S/C45H58N2O3.C33H36N2O2/c1-2-3-4-5-6-7-8-9-19-26-45(48)47(42-29-31-46(32-30-42)34-38-20-13-10-14-21-38)35-41-27-28-43(49-36-39-22-15-11-16-23-39)44(33-41)50-37-40-24-17-12-18-25-40;1-4-10-27(11-5-1)24-35-20-18-31(19-21-35)34-23-30-16-17-32(36-25-28-12-6-2-7-13-28)33(22-30)37-26-29-14-8-3-9-15-29/h10-18,20-25,27-28,33,42H,2-9,19,26,29-32,34-37H2,1H3;1-17,22,31,34H,18-21,23-26H2. The first-order valence-electron chi connectivity index (χ1n) is 32.5. The molecule has 2 fully saturated rings. The monoisotopic (exact) mass is 1170 g/mol. The molecule has 10 rings (SSSR count). The number of piperidine rings is 2. The summed E-state index contributed by atoms with van der Waals surface area (Å²) in [7, 11) is 0. The van der Waals surface area contributed by atoms with Crippen molar-refractivity contribution >= 4 is 5.91 Å². The van der Waals surface area contributed by atoms with Gasteiger partial charge in [-0.05, 0) is 114 Å². The Morgan fingerprint density at radius 3 is 1.18 bits per heavy atom. The molecule has 1 amide bonds. The van der Waals surface area contributed by atoms with E-state index >= 15 is 0 Å². The zero-order chi connectivity index (χ0) is 59.8. The molecule has 0 spiro atoms. The van der Waals surface area contributed by atoms with Gasteiger partial charge in [-0.1, -0.05) is 252 Å². The highest BCUT2D eigenvalue weighted by Gasteiger charge is 2.29. The van der Waals surface area contributed by atoms with Crippen LogP contribution in [0.25, 0.3) is 0 Å². The average Bonchev–Trinajstić information content (AvgIpc) is 3.67. The second kappa shape index (κ2) is 36.5. The van der Waals surface area contributed by atoms with Crippen LogP contribution in [0.3, 0.4) is 0 Å². The number of likely N-dealkylation sites (tertiary alicyclic amines) is 2. The number of nitrogens with zero attached hydrogens (tertiary/aromatic N) is 3. The molecule has 0 radical (unpaired) electrons. The van der Waals surface area contributed by atoms with Crippen molar-refractivity contribution in [3.05, 3.63) is 263 Å². The van der Waals surface area contributed by atoms with Gasteiger partial charge in [0.25, 0.3) is 0 Å². The smallest absolute Gasteiger partial charge is 0.223 e. The van der Waals surface area contributed by atoms with Crippen molar-refractivity contribution in [3.8, 4) is 23.0 Å². The number of carbonyl (C=O) groups excluding carboxylic acids is 1. The maximum Gasteiger partial charge on any atom is 0.223 e. The van der Waals surface area contributed by atoms with E-state index in [4.69, 9.17) is 18.9 Å². The van der Waals surface area contributed by atoms with Gasteiger partial charge >= 0.3 is 0 Å². The predicted octanol–water partition coefficient (Wildman–Crippen LogP) is 17.4. The lowest BCUT2D eigenvalue weighted by molar-refractivity contribution is -0.135. The fourth-order valence-electron chi connectivity index (χ4n) is 11.7. The van der Waals surface area contributed by atoms with Crippen LogP contribution in [0.5, 0.6) is 23.0 Å². The highest BCUT2D eigenvalue weighted by molar-refractivity contribution is 5.76. The number of ether oxygens (including phenoxy) is 4. The van der Waals surface area contributed by atoms with Gasteiger partial charge in [-0.3, -0.25) is 14.6 Å². The summed E-state index contributed by atoms with van der Waals surface area (Å²) >= 11 is 0. The average molecular weight is 1170 g/mol. The van der Waals surface area contributed by atoms with Gasteiger partial charge in [0.05, 0.1) is 0 Å². The second-order valence-electron chi connectivity index (χ2n) is 23.7. The van der Waals surface area contributed by atoms with E-state index in [0.29, 0.717) is 51.2 Å². The Labute approximate surface area is 520 Å². The Kier molecular flexibility index (Phi) is 26.7. The van der Waals surface area contributed by atoms with E-state index in [2.05, 4.69) is 160 Å². The number of hydrogen-bond acceptors (Lipinski definition) is 8. The number of benzene rings is 8. The summed E-state index contributed by atoms with van der Waals surface area (Å²) in [6.07, 6.45) is 16.2. The summed E-state index contributed by atoms with van der Waals surface area (Å²) in [4.78, 5) is 21.3. The Morgan fingerprint density at radius 1 is 0.402 bits per heavy atom. The van der Waals surface area contributed by atoms with Crippen LogP contribution in [0.2, 0.25) is 0 Å². The van der Waals surface area contributed by atoms with Gasteiger partial charge in [-0.25, -0.2) is 0 Å². The molecule has 0 saturated carbocycles. The van der Waals surface area contributed by atoms with Crippen molar-refractivity contribution in [2.75, 3.05) is 26.2 Å². The minimum atomic E-state index is 0.232. The molecule has 0 unspecified atom stereocenters. The van der Waals surface area contributed by atoms with E-state index < -0.39 is 0 Å². The van der Waals surface area contributed by atoms with Gasteiger partial charge < -0.3 is 29.2 Å². The van der Waals surface area contributed by atoms with Crippen LogP contribution in [0, 0.1) is 0 Å². The van der Waals surface area contributed by atoms with Crippen molar-refractivity contribution in [2.45, 2.75) is 162 Å². The third-order valence-corrected chi connectivity index (χ3v) is 16.8. The first-order chi connectivity index (χ1) is 43.0. The normalized spacial score (nSPS) is 13.9. The lowest BCUT2D eigenvalue weighted by Gasteiger charge is -2.39. The van der Waals surface area contributed by atoms with E-state index in [1.165, 1.54) is 74.5 Å². The number of carbonyl (C=O) groups is 1. The Morgan fingerprint density at radius 2 is 0.759 bits per heavy atom. The van der Waals surface area contributed by atoms with Crippen LogP contribution in [0.4, 0.5) is 0 Å². The van der Waals surface area contributed by atoms with E-state index in [9.17, 15) is 4.79 Å². The second-order valence-corrected chi connectivity index (χ2v) is 23.7. The zero-order valence-corrected chi connectivity index (χ0v) is 51.7. The Hall–Kier alpha value is -7.69. The van der Waals surface area contributed by atoms with Crippen LogP contribution in [0.15, 0.2) is 218 Å². The molecule has 0 aliphatic carbocycles. The van der Waals surface area contributed by atoms with Gasteiger partial charge in [-0.2, -0.15) is 0 Å². The molecule has 87 heavy (non-hydrogen) atoms. The van der Waals surface area contributed by atoms with Crippen LogP contribution in [-0.4, -0.2) is 58.9 Å². The summed E-state index contributed by atoms with van der Waals surface area (Å²) in [6, 6.07) is 75.7. The molecule has 2 aliphatic rings. The fourth-order valence-corrected chi connectivity index (χ4v) is 11.7. The summed E-state index contributed by atoms with van der Waals surface area (Å²) in [5.41, 5.74) is 9.52. The lowest BCUT2D eigenvalue weighted by atomic mass is 10.00. The highest BCUT2D eigenvalue weighted by atomic mass is 16.5. The fraction of sp³-hybridized carbons (Fsp3) is 0.372. The van der Waals surface area contributed by atoms with E-state index in [-0.39, 0.29) is 11.9 Å². The quantitative estimate of drug-likeness (QED) is 0.0418. The number of hydrogen-bond donors (Lipinski definition) is 1. The Balaban J connectivity index is 0.000000217. The summed E-state index contributed by atoms with van der Waals surface area (Å²) in [5.74, 6) is 3.28. The molecule has 456 valence electrons. The molecule has 0 bridgehead atoms. The molecule has 0 aromatic heterocycles. The van der Waals surface area contributed by atoms with Gasteiger partial charge in [0.15, 0.2) is 23.0 Å². The van der Waals surface area contributed by atoms with Crippen molar-refractivity contribution in [2.24, 2.45) is 0 Å². The largest absolute Gasteiger partial charge is 0.485 e. The molecule has 8 aromatic rings. The van der Waals surface area contributed by atoms with Crippen molar-refractivity contribution < 1.29 is 23.7 Å². The molecular formula is C78H94N4O5. The molecule has 9 heteroatoms. The first kappa shape index (κ1) is 63.8. The summed E-state index contributed by atoms with van der Waals surface area (Å²) < 4.78 is 25.1. The molecule has 8 aromatic carbocycles. The SMILES string of the molecule is CCCCCCCCCCCC(=O)N(Cc1ccc(OCc2ccccc2)c(OCc2ccccc2)c1)C1CCN(Cc2ccccc2)CC1.c1ccc(COc2ccc(CNC3CCN(Cc4ccccc4)CC3)cc2OCc2ccccc2)cc1. The molecule has 2 aliphatic heterocycles. The summed E-state index contributed by atoms with van der Waals surface area (Å²) in [5, 5.41) is 3.78. The minimum Gasteiger partial charge on any atom is -0.485 e. The highest BCUT2D eigenvalue weighted by Crippen LogP contribution is 2.33. The first-order valence-corrected chi connectivity index (χ1v) is 32.5.